The minimum atomic E-state index is -1.35. The zero-order valence-corrected chi connectivity index (χ0v) is 14.7. The molecule has 1 N–H and O–H groups in total. The van der Waals surface area contributed by atoms with Gasteiger partial charge in [-0.15, -0.1) is 0 Å². The van der Waals surface area contributed by atoms with Gasteiger partial charge in [-0.25, -0.2) is 4.79 Å². The van der Waals surface area contributed by atoms with Gasteiger partial charge < -0.3 is 19.5 Å². The first kappa shape index (κ1) is 19.1. The molecule has 0 heterocycles. The van der Waals surface area contributed by atoms with Gasteiger partial charge in [0.2, 0.25) is 0 Å². The molecule has 0 aliphatic heterocycles. The summed E-state index contributed by atoms with van der Waals surface area (Å²) in [5.41, 5.74) is -1.12. The molecule has 0 atom stereocenters. The van der Waals surface area contributed by atoms with Crippen LogP contribution in [-0.2, 0) is 4.79 Å². The number of aliphatic carboxylic acids is 1. The van der Waals surface area contributed by atoms with Gasteiger partial charge in [0, 0.05) is 12.6 Å². The molecule has 1 amide bonds. The van der Waals surface area contributed by atoms with Crippen LogP contribution in [0, 0.1) is 0 Å². The third-order valence-electron chi connectivity index (χ3n) is 3.59. The van der Waals surface area contributed by atoms with Gasteiger partial charge in [-0.1, -0.05) is 18.5 Å². The summed E-state index contributed by atoms with van der Waals surface area (Å²) >= 11 is 6.18. The van der Waals surface area contributed by atoms with Crippen LogP contribution in [-0.4, -0.2) is 48.2 Å². The molecule has 1 aromatic carbocycles. The number of rotatable bonds is 7. The number of nitrogens with zero attached hydrogens (tertiary/aromatic N) is 1. The van der Waals surface area contributed by atoms with Gasteiger partial charge in [0.15, 0.2) is 11.5 Å². The maximum absolute atomic E-state index is 12.5. The summed E-state index contributed by atoms with van der Waals surface area (Å²) in [6, 6.07) is 2.94. The highest BCUT2D eigenvalue weighted by atomic mass is 35.5. The quantitative estimate of drug-likeness (QED) is 0.823. The van der Waals surface area contributed by atoms with Gasteiger partial charge >= 0.3 is 5.97 Å². The van der Waals surface area contributed by atoms with Gasteiger partial charge in [0.05, 0.1) is 18.7 Å². The van der Waals surface area contributed by atoms with Gasteiger partial charge in [-0.2, -0.15) is 0 Å². The predicted octanol–water partition coefficient (Wildman–Crippen LogP) is 3.07. The van der Waals surface area contributed by atoms with E-state index in [1.54, 1.807) is 0 Å². The third-order valence-corrected chi connectivity index (χ3v) is 3.87. The topological polar surface area (TPSA) is 76.1 Å². The number of halogens is 1. The lowest BCUT2D eigenvalue weighted by molar-refractivity contribution is -0.147. The van der Waals surface area contributed by atoms with Crippen LogP contribution in [0.4, 0.5) is 0 Å². The number of ether oxygens (including phenoxy) is 2. The Kier molecular flexibility index (Phi) is 6.27. The van der Waals surface area contributed by atoms with Crippen molar-refractivity contribution in [1.29, 1.82) is 0 Å². The Morgan fingerprint density at radius 1 is 1.35 bits per heavy atom. The average molecular weight is 344 g/mol. The van der Waals surface area contributed by atoms with Crippen LogP contribution in [0.15, 0.2) is 12.1 Å². The number of amides is 1. The van der Waals surface area contributed by atoms with Crippen LogP contribution in [0.2, 0.25) is 5.02 Å². The maximum atomic E-state index is 12.5. The van der Waals surface area contributed by atoms with Crippen molar-refractivity contribution in [3.05, 3.63) is 22.7 Å². The van der Waals surface area contributed by atoms with Crippen molar-refractivity contribution in [2.24, 2.45) is 0 Å². The molecule has 0 saturated carbocycles. The van der Waals surface area contributed by atoms with Crippen molar-refractivity contribution >= 4 is 23.5 Å². The Bertz CT molecular complexity index is 600. The van der Waals surface area contributed by atoms with Crippen LogP contribution in [0.25, 0.3) is 0 Å². The summed E-state index contributed by atoms with van der Waals surface area (Å²) in [4.78, 5) is 25.0. The molecule has 0 spiro atoms. The predicted molar refractivity (Wildman–Crippen MR) is 87.6 cm³/mol. The molecule has 128 valence electrons. The van der Waals surface area contributed by atoms with Crippen LogP contribution >= 0.6 is 11.6 Å². The largest absolute Gasteiger partial charge is 0.493 e. The number of hydrogen-bond donors (Lipinski definition) is 1. The second-order valence-electron chi connectivity index (χ2n) is 5.57. The molecule has 0 aliphatic rings. The number of carboxylic acid groups (broad SMARTS) is 1. The molecule has 0 radical (unpaired) electrons. The zero-order valence-electron chi connectivity index (χ0n) is 14.0. The van der Waals surface area contributed by atoms with E-state index in [1.807, 2.05) is 6.92 Å². The molecule has 0 unspecified atom stereocenters. The molecule has 0 aromatic heterocycles. The average Bonchev–Trinajstić information content (AvgIpc) is 2.51. The first-order valence-corrected chi connectivity index (χ1v) is 7.56. The maximum Gasteiger partial charge on any atom is 0.329 e. The number of likely N-dealkylation sites (N-methyl/N-ethyl adjacent to an activating group) is 1. The Hall–Kier alpha value is -1.95. The lowest BCUT2D eigenvalue weighted by Gasteiger charge is -2.31. The third kappa shape index (κ3) is 4.07. The van der Waals surface area contributed by atoms with E-state index in [0.717, 1.165) is 11.3 Å². The van der Waals surface area contributed by atoms with E-state index in [2.05, 4.69) is 0 Å². The molecular formula is C16H22ClNO5. The molecule has 0 saturated heterocycles. The van der Waals surface area contributed by atoms with E-state index in [-0.39, 0.29) is 10.6 Å². The second-order valence-corrected chi connectivity index (χ2v) is 5.97. The Morgan fingerprint density at radius 2 is 1.96 bits per heavy atom. The number of hydrogen-bond acceptors (Lipinski definition) is 4. The summed E-state index contributed by atoms with van der Waals surface area (Å²) in [6.45, 7) is 5.33. The van der Waals surface area contributed by atoms with E-state index < -0.39 is 17.4 Å². The monoisotopic (exact) mass is 343 g/mol. The Balaban J connectivity index is 3.21. The SMILES string of the molecule is CCCOc1c(Cl)cc(C(=O)N(C)C(C)(C)C(=O)O)cc1OC. The first-order valence-electron chi connectivity index (χ1n) is 7.18. The highest BCUT2D eigenvalue weighted by molar-refractivity contribution is 6.32. The van der Waals surface area contributed by atoms with E-state index in [0.29, 0.717) is 18.1 Å². The van der Waals surface area contributed by atoms with Crippen molar-refractivity contribution in [2.75, 3.05) is 20.8 Å². The van der Waals surface area contributed by atoms with Crippen LogP contribution in [0.3, 0.4) is 0 Å². The highest BCUT2D eigenvalue weighted by Crippen LogP contribution is 2.37. The minimum Gasteiger partial charge on any atom is -0.493 e. The second kappa shape index (κ2) is 7.55. The lowest BCUT2D eigenvalue weighted by Crippen LogP contribution is -2.50. The molecule has 0 aliphatic carbocycles. The normalized spacial score (nSPS) is 11.0. The molecule has 23 heavy (non-hydrogen) atoms. The fraction of sp³-hybridized carbons (Fsp3) is 0.500. The van der Waals surface area contributed by atoms with E-state index >= 15 is 0 Å². The van der Waals surface area contributed by atoms with Gasteiger partial charge in [-0.05, 0) is 32.4 Å². The standard InChI is InChI=1S/C16H22ClNO5/c1-6-7-23-13-11(17)8-10(9-12(13)22-5)14(19)18(4)16(2,3)15(20)21/h8-9H,6-7H2,1-5H3,(H,20,21). The fourth-order valence-corrected chi connectivity index (χ4v) is 2.04. The van der Waals surface area contributed by atoms with E-state index in [4.69, 9.17) is 21.1 Å². The molecule has 1 aromatic rings. The van der Waals surface area contributed by atoms with Gasteiger partial charge in [-0.3, -0.25) is 4.79 Å². The smallest absolute Gasteiger partial charge is 0.329 e. The zero-order chi connectivity index (χ0) is 17.8. The minimum absolute atomic E-state index is 0.229. The number of methoxy groups -OCH3 is 1. The Labute approximate surface area is 140 Å². The number of carboxylic acids is 1. The number of carbonyl (C=O) groups excluding carboxylic acids is 1. The number of benzene rings is 1. The molecule has 7 heteroatoms. The summed E-state index contributed by atoms with van der Waals surface area (Å²) in [5.74, 6) is -0.877. The summed E-state index contributed by atoms with van der Waals surface area (Å²) in [5, 5.41) is 9.48. The molecule has 1 rings (SSSR count). The highest BCUT2D eigenvalue weighted by Gasteiger charge is 2.36. The van der Waals surface area contributed by atoms with Crippen molar-refractivity contribution in [3.8, 4) is 11.5 Å². The van der Waals surface area contributed by atoms with Crippen molar-refractivity contribution < 1.29 is 24.2 Å². The summed E-state index contributed by atoms with van der Waals surface area (Å²) < 4.78 is 10.8. The Morgan fingerprint density at radius 3 is 2.43 bits per heavy atom. The van der Waals surface area contributed by atoms with Crippen LogP contribution < -0.4 is 9.47 Å². The van der Waals surface area contributed by atoms with E-state index in [9.17, 15) is 14.7 Å². The molecule has 0 fully saturated rings. The molecular weight excluding hydrogens is 322 g/mol. The fourth-order valence-electron chi connectivity index (χ4n) is 1.78. The van der Waals surface area contributed by atoms with Crippen molar-refractivity contribution in [2.45, 2.75) is 32.7 Å². The van der Waals surface area contributed by atoms with Gasteiger partial charge in [0.1, 0.15) is 5.54 Å². The van der Waals surface area contributed by atoms with Crippen molar-refractivity contribution in [1.82, 2.24) is 4.90 Å². The van der Waals surface area contributed by atoms with E-state index in [1.165, 1.54) is 40.1 Å². The summed E-state index contributed by atoms with van der Waals surface area (Å²) in [7, 11) is 2.88. The summed E-state index contributed by atoms with van der Waals surface area (Å²) in [6.07, 6.45) is 0.801. The lowest BCUT2D eigenvalue weighted by atomic mass is 10.0. The number of carbonyl (C=O) groups is 2. The molecule has 0 bridgehead atoms. The van der Waals surface area contributed by atoms with Gasteiger partial charge in [0.25, 0.3) is 5.91 Å². The molecule has 6 nitrogen and oxygen atoms in total. The van der Waals surface area contributed by atoms with Crippen LogP contribution in [0.5, 0.6) is 11.5 Å². The van der Waals surface area contributed by atoms with Crippen molar-refractivity contribution in [3.63, 3.8) is 0 Å². The first-order chi connectivity index (χ1) is 10.7. The van der Waals surface area contributed by atoms with Crippen LogP contribution in [0.1, 0.15) is 37.6 Å².